The third-order valence-corrected chi connectivity index (χ3v) is 11.3. The highest BCUT2D eigenvalue weighted by atomic mass is 16.5. The molecule has 0 saturated carbocycles. The van der Waals surface area contributed by atoms with Crippen molar-refractivity contribution in [2.75, 3.05) is 7.11 Å². The van der Waals surface area contributed by atoms with Gasteiger partial charge in [-0.2, -0.15) is 0 Å². The lowest BCUT2D eigenvalue weighted by molar-refractivity contribution is 0.0977. The second-order valence-electron chi connectivity index (χ2n) is 14.6. The zero-order chi connectivity index (χ0) is 36.5. The van der Waals surface area contributed by atoms with Gasteiger partial charge in [-0.3, -0.25) is 4.79 Å². The predicted molar refractivity (Wildman–Crippen MR) is 214 cm³/mol. The minimum Gasteiger partial charge on any atom is -0.504 e. The molecule has 0 aliphatic carbocycles. The fraction of sp³-hybridized carbons (Fsp3) is 0.674. The highest BCUT2D eigenvalue weighted by Gasteiger charge is 2.31. The van der Waals surface area contributed by atoms with E-state index in [1.807, 2.05) is 6.08 Å². The summed E-state index contributed by atoms with van der Waals surface area (Å²) in [7, 11) is 1.77. The first-order valence-corrected chi connectivity index (χ1v) is 20.5. The average Bonchev–Trinajstić information content (AvgIpc) is 3.12. The van der Waals surface area contributed by atoms with Gasteiger partial charge >= 0.3 is 0 Å². The Balaban J connectivity index is 3.08. The maximum Gasteiger partial charge on any atom is 0.227 e. The Hall–Kier alpha value is -2.55. The largest absolute Gasteiger partial charge is 0.504 e. The van der Waals surface area contributed by atoms with Crippen molar-refractivity contribution in [3.8, 4) is 5.75 Å². The van der Waals surface area contributed by atoms with Crippen LogP contribution in [0.1, 0.15) is 239 Å². The molecule has 0 aliphatic rings. The first-order valence-electron chi connectivity index (χ1n) is 20.5. The van der Waals surface area contributed by atoms with Crippen molar-refractivity contribution in [3.05, 3.63) is 69.0 Å². The molecule has 0 heterocycles. The van der Waals surface area contributed by atoms with E-state index in [4.69, 9.17) is 4.74 Å². The van der Waals surface area contributed by atoms with E-state index in [9.17, 15) is 5.11 Å². The molecule has 0 saturated heterocycles. The first kappa shape index (κ1) is 42.6. The van der Waals surface area contributed by atoms with Crippen LogP contribution < -0.4 is 4.74 Å². The van der Waals surface area contributed by atoms with Crippen LogP contribution in [-0.4, -0.2) is 18.0 Å². The lowest BCUT2D eigenvalue weighted by Gasteiger charge is -2.30. The van der Waals surface area contributed by atoms with Crippen LogP contribution in [0, 0.1) is 0 Å². The number of benzene rings is 2. The van der Waals surface area contributed by atoms with E-state index >= 15 is 4.79 Å². The van der Waals surface area contributed by atoms with Gasteiger partial charge in [-0.25, -0.2) is 0 Å². The number of ketones is 1. The van der Waals surface area contributed by atoms with E-state index in [-0.39, 0.29) is 29.3 Å². The van der Waals surface area contributed by atoms with Gasteiger partial charge in [0.1, 0.15) is 5.75 Å². The number of methoxy groups -OCH3 is 1. The van der Waals surface area contributed by atoms with Crippen LogP contribution in [-0.2, 0) is 0 Å². The number of hydrogen-bond acceptors (Lipinski definition) is 3. The fourth-order valence-corrected chi connectivity index (χ4v) is 8.63. The number of aliphatic hydroxyl groups excluding tert-OH is 1. The highest BCUT2D eigenvalue weighted by molar-refractivity contribution is 6.12. The third kappa shape index (κ3) is 10.7. The Labute approximate surface area is 302 Å². The van der Waals surface area contributed by atoms with E-state index < -0.39 is 0 Å². The van der Waals surface area contributed by atoms with Crippen LogP contribution in [0.25, 0.3) is 6.08 Å². The van der Waals surface area contributed by atoms with Crippen molar-refractivity contribution in [2.24, 2.45) is 0 Å². The summed E-state index contributed by atoms with van der Waals surface area (Å²) in [5.41, 5.74) is 7.78. The number of carbonyl (C=O) groups excluding carboxylic acids is 1. The predicted octanol–water partition coefficient (Wildman–Crippen LogP) is 14.9. The summed E-state index contributed by atoms with van der Waals surface area (Å²) in [6.07, 6.45) is 17.6. The summed E-state index contributed by atoms with van der Waals surface area (Å²) >= 11 is 0. The molecule has 2 aromatic rings. The van der Waals surface area contributed by atoms with Crippen LogP contribution >= 0.6 is 0 Å². The van der Waals surface area contributed by atoms with Gasteiger partial charge < -0.3 is 9.84 Å². The Morgan fingerprint density at radius 1 is 0.612 bits per heavy atom. The molecule has 5 unspecified atom stereocenters. The molecule has 2 aromatic carbocycles. The van der Waals surface area contributed by atoms with Crippen molar-refractivity contribution in [1.29, 1.82) is 0 Å². The Bertz CT molecular complexity index is 1300. The van der Waals surface area contributed by atoms with E-state index in [1.165, 1.54) is 16.7 Å². The van der Waals surface area contributed by atoms with Gasteiger partial charge in [0.05, 0.1) is 7.11 Å². The maximum atomic E-state index is 15.1. The molecule has 1 N–H and O–H groups in total. The van der Waals surface area contributed by atoms with Crippen LogP contribution in [0.2, 0.25) is 0 Å². The molecule has 3 nitrogen and oxygen atoms in total. The normalized spacial score (nSPS) is 15.1. The van der Waals surface area contributed by atoms with Crippen molar-refractivity contribution in [3.63, 3.8) is 0 Å². The molecule has 0 radical (unpaired) electrons. The first-order chi connectivity index (χ1) is 23.7. The van der Waals surface area contributed by atoms with Crippen molar-refractivity contribution in [2.45, 2.75) is 195 Å². The zero-order valence-electron chi connectivity index (χ0n) is 33.6. The van der Waals surface area contributed by atoms with E-state index in [2.05, 4.69) is 93.5 Å². The number of aliphatic hydroxyl groups is 1. The summed E-state index contributed by atoms with van der Waals surface area (Å²) in [5.74, 6) is 2.19. The highest BCUT2D eigenvalue weighted by Crippen LogP contribution is 2.44. The van der Waals surface area contributed by atoms with Crippen LogP contribution in [0.4, 0.5) is 0 Å². The van der Waals surface area contributed by atoms with Crippen LogP contribution in [0.5, 0.6) is 5.75 Å². The van der Waals surface area contributed by atoms with E-state index in [1.54, 1.807) is 7.11 Å². The molecule has 0 fully saturated rings. The molecule has 0 spiro atoms. The van der Waals surface area contributed by atoms with Crippen molar-refractivity contribution < 1.29 is 14.6 Å². The summed E-state index contributed by atoms with van der Waals surface area (Å²) < 4.78 is 6.12. The quantitative estimate of drug-likeness (QED) is 0.0685. The monoisotopic (exact) mass is 675 g/mol. The maximum absolute atomic E-state index is 15.1. The van der Waals surface area contributed by atoms with Gasteiger partial charge in [0.25, 0.3) is 0 Å². The van der Waals surface area contributed by atoms with Crippen molar-refractivity contribution in [1.82, 2.24) is 0 Å². The number of allylic oxidation sites excluding steroid dienone is 1. The van der Waals surface area contributed by atoms with E-state index in [0.29, 0.717) is 11.8 Å². The van der Waals surface area contributed by atoms with Gasteiger partial charge in [0.2, 0.25) is 5.78 Å². The molecular formula is C46H74O3. The average molecular weight is 675 g/mol. The van der Waals surface area contributed by atoms with Crippen LogP contribution in [0.15, 0.2) is 30.0 Å². The molecule has 49 heavy (non-hydrogen) atoms. The number of rotatable bonds is 24. The standard InChI is InChI=1S/C46H74O3/c1-12-22-32(17-6)37-29-38(43(42(31-37)49-11)35(20-9)25-15-4)30-41(47)46(48)45-40(34(19-8)24-14-3)28-27-39(33(18-7)23-13-2)44(45)36(21-10)26-16-5/h27-36,47H,12-26H2,1-11H3/b41-30-. The van der Waals surface area contributed by atoms with Gasteiger partial charge in [-0.05, 0) is 134 Å². The topological polar surface area (TPSA) is 46.5 Å². The second kappa shape index (κ2) is 22.3. The SMILES string of the molecule is CCCC(CC)c1cc(/C=C(\O)C(=O)c2c(C(CC)CCC)ccc(C(CC)CCC)c2C(CC)CCC)c(C(CC)CCC)c(OC)c1. The van der Waals surface area contributed by atoms with Gasteiger partial charge in [0.15, 0.2) is 5.76 Å². The number of hydrogen-bond donors (Lipinski definition) is 1. The molecule has 0 amide bonds. The molecule has 0 aromatic heterocycles. The summed E-state index contributed by atoms with van der Waals surface area (Å²) in [6.45, 7) is 22.5. The minimum atomic E-state index is -0.207. The Morgan fingerprint density at radius 2 is 1.04 bits per heavy atom. The molecule has 3 heteroatoms. The van der Waals surface area contributed by atoms with Gasteiger partial charge in [-0.15, -0.1) is 0 Å². The third-order valence-electron chi connectivity index (χ3n) is 11.3. The smallest absolute Gasteiger partial charge is 0.227 e. The summed E-state index contributed by atoms with van der Waals surface area (Å²) in [4.78, 5) is 15.1. The van der Waals surface area contributed by atoms with Crippen molar-refractivity contribution >= 4 is 11.9 Å². The lowest BCUT2D eigenvalue weighted by Crippen LogP contribution is -2.19. The number of carbonyl (C=O) groups is 1. The number of ether oxygens (including phenoxy) is 1. The Morgan fingerprint density at radius 3 is 1.51 bits per heavy atom. The zero-order valence-corrected chi connectivity index (χ0v) is 33.6. The Kier molecular flexibility index (Phi) is 19.4. The molecule has 2 rings (SSSR count). The summed E-state index contributed by atoms with van der Waals surface area (Å²) in [6, 6.07) is 9.12. The molecule has 0 aliphatic heterocycles. The lowest BCUT2D eigenvalue weighted by atomic mass is 9.74. The van der Waals surface area contributed by atoms with Gasteiger partial charge in [0, 0.05) is 11.1 Å². The molecular weight excluding hydrogens is 601 g/mol. The fourth-order valence-electron chi connectivity index (χ4n) is 8.63. The van der Waals surface area contributed by atoms with E-state index in [0.717, 1.165) is 124 Å². The minimum absolute atomic E-state index is 0.142. The van der Waals surface area contributed by atoms with Gasteiger partial charge in [-0.1, -0.05) is 120 Å². The van der Waals surface area contributed by atoms with Crippen LogP contribution in [0.3, 0.4) is 0 Å². The number of Topliss-reactive ketones (excluding diaryl/α,β-unsaturated/α-hetero) is 1. The molecule has 0 bridgehead atoms. The molecule has 5 atom stereocenters. The second-order valence-corrected chi connectivity index (χ2v) is 14.6. The summed E-state index contributed by atoms with van der Waals surface area (Å²) in [5, 5.41) is 12.2. The molecule has 276 valence electrons.